The van der Waals surface area contributed by atoms with Crippen LogP contribution in [0.1, 0.15) is 20.7 Å². The number of carbonyl (C=O) groups is 1. The molecule has 0 bridgehead atoms. The molecule has 2 aromatic carbocycles. The Morgan fingerprint density at radius 2 is 1.35 bits per heavy atom. The Morgan fingerprint density at radius 1 is 0.900 bits per heavy atom. The Labute approximate surface area is 126 Å². The van der Waals surface area contributed by atoms with E-state index in [1.54, 1.807) is 38.5 Å². The van der Waals surface area contributed by atoms with Gasteiger partial charge in [-0.2, -0.15) is 0 Å². The first kappa shape index (κ1) is 14.6. The molecule has 0 amide bonds. The maximum atomic E-state index is 12.4. The third-order valence-electron chi connectivity index (χ3n) is 3.01. The van der Waals surface area contributed by atoms with E-state index in [2.05, 4.69) is 15.9 Å². The second kappa shape index (κ2) is 6.57. The fourth-order valence-corrected chi connectivity index (χ4v) is 2.40. The molecule has 0 spiro atoms. The Hall–Kier alpha value is -1.81. The molecular formula is C16H15BrO3. The number of benzene rings is 2. The average molecular weight is 335 g/mol. The van der Waals surface area contributed by atoms with E-state index in [-0.39, 0.29) is 10.6 Å². The van der Waals surface area contributed by atoms with Crippen LogP contribution < -0.4 is 9.47 Å². The Kier molecular flexibility index (Phi) is 4.79. The summed E-state index contributed by atoms with van der Waals surface area (Å²) < 4.78 is 10.2. The largest absolute Gasteiger partial charge is 0.497 e. The Morgan fingerprint density at radius 3 is 1.80 bits per heavy atom. The number of halogens is 1. The molecule has 2 rings (SSSR count). The number of ether oxygens (including phenoxy) is 2. The van der Waals surface area contributed by atoms with Gasteiger partial charge in [-0.1, -0.05) is 28.1 Å². The van der Waals surface area contributed by atoms with Gasteiger partial charge in [0.25, 0.3) is 0 Å². The van der Waals surface area contributed by atoms with Crippen LogP contribution in [0, 0.1) is 0 Å². The van der Waals surface area contributed by atoms with E-state index in [9.17, 15) is 4.79 Å². The van der Waals surface area contributed by atoms with Gasteiger partial charge >= 0.3 is 0 Å². The molecule has 0 aromatic heterocycles. The molecule has 0 heterocycles. The molecule has 20 heavy (non-hydrogen) atoms. The van der Waals surface area contributed by atoms with Gasteiger partial charge < -0.3 is 9.47 Å². The highest BCUT2D eigenvalue weighted by Crippen LogP contribution is 2.29. The van der Waals surface area contributed by atoms with Crippen molar-refractivity contribution in [2.75, 3.05) is 14.2 Å². The van der Waals surface area contributed by atoms with E-state index in [0.29, 0.717) is 5.56 Å². The van der Waals surface area contributed by atoms with Gasteiger partial charge in [0, 0.05) is 5.56 Å². The van der Waals surface area contributed by atoms with Gasteiger partial charge in [0.15, 0.2) is 5.78 Å². The lowest BCUT2D eigenvalue weighted by Crippen LogP contribution is -2.07. The highest BCUT2D eigenvalue weighted by atomic mass is 79.9. The Balaban J connectivity index is 2.17. The summed E-state index contributed by atoms with van der Waals surface area (Å²) in [7, 11) is 3.21. The van der Waals surface area contributed by atoms with Crippen LogP contribution in [0.4, 0.5) is 0 Å². The lowest BCUT2D eigenvalue weighted by molar-refractivity contribution is 0.0991. The summed E-state index contributed by atoms with van der Waals surface area (Å²) in [5.74, 6) is 1.51. The van der Waals surface area contributed by atoms with Crippen LogP contribution >= 0.6 is 15.9 Å². The Bertz CT molecular complexity index is 576. The van der Waals surface area contributed by atoms with Crippen molar-refractivity contribution in [3.8, 4) is 11.5 Å². The van der Waals surface area contributed by atoms with Crippen molar-refractivity contribution in [1.29, 1.82) is 0 Å². The molecule has 2 aromatic rings. The molecule has 4 heteroatoms. The monoisotopic (exact) mass is 334 g/mol. The molecule has 0 fully saturated rings. The van der Waals surface area contributed by atoms with Gasteiger partial charge in [-0.3, -0.25) is 4.79 Å². The molecular weight excluding hydrogens is 320 g/mol. The van der Waals surface area contributed by atoms with Crippen LogP contribution in [-0.4, -0.2) is 20.0 Å². The molecule has 0 radical (unpaired) electrons. The molecule has 0 aliphatic rings. The standard InChI is InChI=1S/C16H15BrO3/c1-19-13-7-3-11(4-8-13)15(17)16(18)12-5-9-14(20-2)10-6-12/h3-10,15H,1-2H3/t15-/m0/s1. The average Bonchev–Trinajstić information content (AvgIpc) is 2.53. The van der Waals surface area contributed by atoms with Gasteiger partial charge in [-0.15, -0.1) is 0 Å². The second-order valence-corrected chi connectivity index (χ2v) is 5.14. The number of ketones is 1. The quantitative estimate of drug-likeness (QED) is 0.611. The van der Waals surface area contributed by atoms with Crippen molar-refractivity contribution in [2.45, 2.75) is 4.83 Å². The molecule has 104 valence electrons. The molecule has 0 saturated heterocycles. The number of alkyl halides is 1. The van der Waals surface area contributed by atoms with Gasteiger partial charge in [0.05, 0.1) is 14.2 Å². The number of carbonyl (C=O) groups excluding carboxylic acids is 1. The number of rotatable bonds is 5. The van der Waals surface area contributed by atoms with Crippen LogP contribution in [0.25, 0.3) is 0 Å². The van der Waals surface area contributed by atoms with Crippen molar-refractivity contribution in [2.24, 2.45) is 0 Å². The van der Waals surface area contributed by atoms with Crippen molar-refractivity contribution >= 4 is 21.7 Å². The van der Waals surface area contributed by atoms with Gasteiger partial charge in [-0.05, 0) is 42.0 Å². The van der Waals surface area contributed by atoms with E-state index in [1.165, 1.54) is 0 Å². The second-order valence-electron chi connectivity index (χ2n) is 4.23. The van der Waals surface area contributed by atoms with Gasteiger partial charge in [-0.25, -0.2) is 0 Å². The predicted octanol–water partition coefficient (Wildman–Crippen LogP) is 4.02. The first-order valence-corrected chi connectivity index (χ1v) is 7.03. The zero-order valence-electron chi connectivity index (χ0n) is 11.3. The normalized spacial score (nSPS) is 11.8. The van der Waals surface area contributed by atoms with E-state index >= 15 is 0 Å². The van der Waals surface area contributed by atoms with Crippen LogP contribution in [-0.2, 0) is 0 Å². The predicted molar refractivity (Wildman–Crippen MR) is 82.0 cm³/mol. The van der Waals surface area contributed by atoms with Crippen LogP contribution in [0.15, 0.2) is 48.5 Å². The minimum atomic E-state index is -0.373. The zero-order valence-corrected chi connectivity index (χ0v) is 12.9. The molecule has 0 aliphatic carbocycles. The SMILES string of the molecule is COc1ccc(C(=O)[C@@H](Br)c2ccc(OC)cc2)cc1. The fraction of sp³-hybridized carbons (Fsp3) is 0.188. The van der Waals surface area contributed by atoms with Crippen LogP contribution in [0.3, 0.4) is 0 Å². The maximum Gasteiger partial charge on any atom is 0.180 e. The summed E-state index contributed by atoms with van der Waals surface area (Å²) in [6, 6.07) is 14.5. The van der Waals surface area contributed by atoms with E-state index in [0.717, 1.165) is 17.1 Å². The third-order valence-corrected chi connectivity index (χ3v) is 3.96. The highest BCUT2D eigenvalue weighted by Gasteiger charge is 2.18. The lowest BCUT2D eigenvalue weighted by Gasteiger charge is -2.10. The van der Waals surface area contributed by atoms with Gasteiger partial charge in [0.1, 0.15) is 16.3 Å². The molecule has 3 nitrogen and oxygen atoms in total. The van der Waals surface area contributed by atoms with Crippen molar-refractivity contribution in [3.63, 3.8) is 0 Å². The summed E-state index contributed by atoms with van der Waals surface area (Å²) in [4.78, 5) is 12.0. The van der Waals surface area contributed by atoms with Crippen molar-refractivity contribution < 1.29 is 14.3 Å². The van der Waals surface area contributed by atoms with E-state index in [1.807, 2.05) is 24.3 Å². The summed E-state index contributed by atoms with van der Waals surface area (Å²) in [6.07, 6.45) is 0. The lowest BCUT2D eigenvalue weighted by atomic mass is 10.0. The third kappa shape index (κ3) is 3.20. The fourth-order valence-electron chi connectivity index (χ4n) is 1.83. The maximum absolute atomic E-state index is 12.4. The summed E-state index contributed by atoms with van der Waals surface area (Å²) in [5.41, 5.74) is 1.54. The molecule has 0 unspecified atom stereocenters. The topological polar surface area (TPSA) is 35.5 Å². The molecule has 1 atom stereocenters. The molecule has 0 saturated carbocycles. The van der Waals surface area contributed by atoms with Crippen molar-refractivity contribution in [1.82, 2.24) is 0 Å². The van der Waals surface area contributed by atoms with Crippen molar-refractivity contribution in [3.05, 3.63) is 59.7 Å². The summed E-state index contributed by atoms with van der Waals surface area (Å²) >= 11 is 3.45. The number of methoxy groups -OCH3 is 2. The number of Topliss-reactive ketones (excluding diaryl/α,β-unsaturated/α-hetero) is 1. The first-order valence-electron chi connectivity index (χ1n) is 6.12. The number of hydrogen-bond acceptors (Lipinski definition) is 3. The minimum Gasteiger partial charge on any atom is -0.497 e. The molecule has 0 N–H and O–H groups in total. The van der Waals surface area contributed by atoms with Crippen LogP contribution in [0.5, 0.6) is 11.5 Å². The number of hydrogen-bond donors (Lipinski definition) is 0. The van der Waals surface area contributed by atoms with Crippen LogP contribution in [0.2, 0.25) is 0 Å². The minimum absolute atomic E-state index is 0.0119. The zero-order chi connectivity index (χ0) is 14.5. The van der Waals surface area contributed by atoms with E-state index < -0.39 is 0 Å². The summed E-state index contributed by atoms with van der Waals surface area (Å²) in [5, 5.41) is 0. The molecule has 0 aliphatic heterocycles. The van der Waals surface area contributed by atoms with E-state index in [4.69, 9.17) is 9.47 Å². The van der Waals surface area contributed by atoms with Gasteiger partial charge in [0.2, 0.25) is 0 Å². The summed E-state index contributed by atoms with van der Waals surface area (Å²) in [6.45, 7) is 0. The smallest absolute Gasteiger partial charge is 0.180 e. The first-order chi connectivity index (χ1) is 9.65. The highest BCUT2D eigenvalue weighted by molar-refractivity contribution is 9.09.